The Bertz CT molecular complexity index is 471. The van der Waals surface area contributed by atoms with Gasteiger partial charge in [-0.15, -0.1) is 11.3 Å². The first-order valence-electron chi connectivity index (χ1n) is 6.21. The molecule has 1 atom stereocenters. The van der Waals surface area contributed by atoms with Crippen molar-refractivity contribution in [3.05, 3.63) is 16.1 Å². The van der Waals surface area contributed by atoms with E-state index in [0.717, 1.165) is 23.4 Å². The highest BCUT2D eigenvalue weighted by molar-refractivity contribution is 7.09. The molecule has 1 heterocycles. The minimum absolute atomic E-state index is 0.0162. The molecule has 0 spiro atoms. The number of carbonyl (C=O) groups excluding carboxylic acids is 1. The van der Waals surface area contributed by atoms with Gasteiger partial charge in [-0.1, -0.05) is 0 Å². The number of urea groups is 1. The monoisotopic (exact) mass is 283 g/mol. The van der Waals surface area contributed by atoms with Crippen LogP contribution in [0, 0.1) is 12.8 Å². The van der Waals surface area contributed by atoms with E-state index in [1.54, 1.807) is 5.51 Å². The molecule has 1 aliphatic carbocycles. The summed E-state index contributed by atoms with van der Waals surface area (Å²) in [6, 6.07) is -0.578. The first-order valence-corrected chi connectivity index (χ1v) is 7.09. The van der Waals surface area contributed by atoms with E-state index >= 15 is 0 Å². The number of carboxylic acids is 1. The van der Waals surface area contributed by atoms with Crippen LogP contribution in [0.25, 0.3) is 0 Å². The van der Waals surface area contributed by atoms with Gasteiger partial charge < -0.3 is 15.7 Å². The number of nitrogens with one attached hydrogen (secondary N) is 2. The maximum atomic E-state index is 11.7. The third-order valence-electron chi connectivity index (χ3n) is 3.16. The summed E-state index contributed by atoms with van der Waals surface area (Å²) >= 11 is 1.49. The highest BCUT2D eigenvalue weighted by Crippen LogP contribution is 2.33. The topological polar surface area (TPSA) is 91.3 Å². The molecule has 2 rings (SSSR count). The van der Waals surface area contributed by atoms with Crippen LogP contribution in [0.2, 0.25) is 0 Å². The van der Waals surface area contributed by atoms with Gasteiger partial charge in [-0.05, 0) is 25.7 Å². The van der Waals surface area contributed by atoms with Crippen molar-refractivity contribution >= 4 is 23.3 Å². The highest BCUT2D eigenvalue weighted by Gasteiger charge is 2.33. The predicted molar refractivity (Wildman–Crippen MR) is 71.0 cm³/mol. The molecule has 0 aliphatic heterocycles. The minimum atomic E-state index is -0.879. The number of aliphatic carboxylic acids is 1. The average Bonchev–Trinajstić information content (AvgIpc) is 3.10. The Labute approximate surface area is 115 Å². The van der Waals surface area contributed by atoms with E-state index in [0.29, 0.717) is 12.5 Å². The molecule has 3 N–H and O–H groups in total. The van der Waals surface area contributed by atoms with E-state index in [1.807, 2.05) is 6.92 Å². The molecule has 0 saturated heterocycles. The summed E-state index contributed by atoms with van der Waals surface area (Å²) in [6.07, 6.45) is 1.97. The summed E-state index contributed by atoms with van der Waals surface area (Å²) in [7, 11) is 0. The summed E-state index contributed by atoms with van der Waals surface area (Å²) in [5, 5.41) is 14.3. The van der Waals surface area contributed by atoms with Gasteiger partial charge in [0, 0.05) is 10.9 Å². The van der Waals surface area contributed by atoms with Gasteiger partial charge in [0.25, 0.3) is 0 Å². The van der Waals surface area contributed by atoms with Gasteiger partial charge in [-0.3, -0.25) is 4.79 Å². The van der Waals surface area contributed by atoms with Gasteiger partial charge in [0.15, 0.2) is 0 Å². The third kappa shape index (κ3) is 4.20. The number of carbonyl (C=O) groups is 2. The van der Waals surface area contributed by atoms with E-state index in [-0.39, 0.29) is 18.5 Å². The normalized spacial score (nSPS) is 15.8. The number of aromatic nitrogens is 1. The molecule has 0 bridgehead atoms. The number of thiazole rings is 1. The van der Waals surface area contributed by atoms with Crippen LogP contribution in [-0.4, -0.2) is 28.1 Å². The van der Waals surface area contributed by atoms with Gasteiger partial charge >= 0.3 is 12.0 Å². The maximum Gasteiger partial charge on any atom is 0.315 e. The number of nitrogens with zero attached hydrogens (tertiary/aromatic N) is 1. The number of hydrogen-bond acceptors (Lipinski definition) is 4. The van der Waals surface area contributed by atoms with Crippen LogP contribution < -0.4 is 10.6 Å². The zero-order valence-electron chi connectivity index (χ0n) is 10.7. The van der Waals surface area contributed by atoms with Crippen LogP contribution in [0.15, 0.2) is 5.51 Å². The van der Waals surface area contributed by atoms with Gasteiger partial charge in [-0.25, -0.2) is 9.78 Å². The van der Waals surface area contributed by atoms with Crippen molar-refractivity contribution in [2.75, 3.05) is 0 Å². The Morgan fingerprint density at radius 1 is 1.58 bits per heavy atom. The third-order valence-corrected chi connectivity index (χ3v) is 4.09. The van der Waals surface area contributed by atoms with Crippen molar-refractivity contribution in [3.63, 3.8) is 0 Å². The number of aryl methyl sites for hydroxylation is 1. The Hall–Kier alpha value is -1.63. The van der Waals surface area contributed by atoms with E-state index in [9.17, 15) is 9.59 Å². The Balaban J connectivity index is 1.79. The second-order valence-corrected chi connectivity index (χ2v) is 5.67. The predicted octanol–water partition coefficient (Wildman–Crippen LogP) is 1.50. The average molecular weight is 283 g/mol. The molecule has 1 saturated carbocycles. The summed E-state index contributed by atoms with van der Waals surface area (Å²) in [4.78, 5) is 27.6. The van der Waals surface area contributed by atoms with Crippen LogP contribution in [0.3, 0.4) is 0 Å². The van der Waals surface area contributed by atoms with Crippen LogP contribution in [0.4, 0.5) is 4.79 Å². The molecule has 19 heavy (non-hydrogen) atoms. The standard InChI is InChI=1S/C12H17N3O3S/c1-7-10(19-6-14-7)5-13-12(18)15-9(4-11(16)17)8-2-3-8/h6,8-9H,2-5H2,1H3,(H,16,17)(H2,13,15,18). The molecular formula is C12H17N3O3S. The fourth-order valence-corrected chi connectivity index (χ4v) is 2.61. The fraction of sp³-hybridized carbons (Fsp3) is 0.583. The Morgan fingerprint density at radius 3 is 2.84 bits per heavy atom. The molecule has 1 aromatic rings. The zero-order valence-corrected chi connectivity index (χ0v) is 11.5. The number of amides is 2. The van der Waals surface area contributed by atoms with E-state index in [4.69, 9.17) is 5.11 Å². The maximum absolute atomic E-state index is 11.7. The van der Waals surface area contributed by atoms with Crippen molar-refractivity contribution in [2.45, 2.75) is 38.8 Å². The van der Waals surface area contributed by atoms with Crippen LogP contribution in [0.1, 0.15) is 29.8 Å². The lowest BCUT2D eigenvalue weighted by atomic mass is 10.1. The molecule has 1 aliphatic rings. The zero-order chi connectivity index (χ0) is 13.8. The molecule has 0 aromatic carbocycles. The van der Waals surface area contributed by atoms with Crippen molar-refractivity contribution in [2.24, 2.45) is 5.92 Å². The quantitative estimate of drug-likeness (QED) is 0.738. The second kappa shape index (κ2) is 6.01. The molecule has 7 heteroatoms. The number of carboxylic acid groups (broad SMARTS) is 1. The van der Waals surface area contributed by atoms with E-state index in [1.165, 1.54) is 11.3 Å². The van der Waals surface area contributed by atoms with Crippen molar-refractivity contribution in [3.8, 4) is 0 Å². The smallest absolute Gasteiger partial charge is 0.315 e. The van der Waals surface area contributed by atoms with Crippen molar-refractivity contribution < 1.29 is 14.7 Å². The van der Waals surface area contributed by atoms with Gasteiger partial charge in [0.1, 0.15) is 0 Å². The van der Waals surface area contributed by atoms with Gasteiger partial charge in [0.2, 0.25) is 0 Å². The van der Waals surface area contributed by atoms with Gasteiger partial charge in [-0.2, -0.15) is 0 Å². The highest BCUT2D eigenvalue weighted by atomic mass is 32.1. The number of hydrogen-bond donors (Lipinski definition) is 3. The van der Waals surface area contributed by atoms with E-state index in [2.05, 4.69) is 15.6 Å². The van der Waals surface area contributed by atoms with Crippen LogP contribution >= 0.6 is 11.3 Å². The molecule has 104 valence electrons. The largest absolute Gasteiger partial charge is 0.481 e. The number of rotatable bonds is 6. The Kier molecular flexibility index (Phi) is 4.36. The van der Waals surface area contributed by atoms with Crippen molar-refractivity contribution in [1.29, 1.82) is 0 Å². The summed E-state index contributed by atoms with van der Waals surface area (Å²) in [6.45, 7) is 2.32. The molecule has 1 fully saturated rings. The summed E-state index contributed by atoms with van der Waals surface area (Å²) in [5.74, 6) is -0.567. The molecular weight excluding hydrogens is 266 g/mol. The summed E-state index contributed by atoms with van der Waals surface area (Å²) in [5.41, 5.74) is 2.65. The SMILES string of the molecule is Cc1ncsc1CNC(=O)NC(CC(=O)O)C1CC1. The molecule has 6 nitrogen and oxygen atoms in total. The lowest BCUT2D eigenvalue weighted by molar-refractivity contribution is -0.137. The van der Waals surface area contributed by atoms with E-state index < -0.39 is 5.97 Å². The van der Waals surface area contributed by atoms with Crippen LogP contribution in [-0.2, 0) is 11.3 Å². The first kappa shape index (κ1) is 13.8. The van der Waals surface area contributed by atoms with Gasteiger partial charge in [0.05, 0.1) is 24.2 Å². The Morgan fingerprint density at radius 2 is 2.32 bits per heavy atom. The summed E-state index contributed by atoms with van der Waals surface area (Å²) < 4.78 is 0. The molecule has 1 unspecified atom stereocenters. The molecule has 1 aromatic heterocycles. The lowest BCUT2D eigenvalue weighted by Crippen LogP contribution is -2.43. The van der Waals surface area contributed by atoms with Crippen LogP contribution in [0.5, 0.6) is 0 Å². The second-order valence-electron chi connectivity index (χ2n) is 4.73. The first-order chi connectivity index (χ1) is 9.06. The fourth-order valence-electron chi connectivity index (χ4n) is 1.90. The van der Waals surface area contributed by atoms with Crippen molar-refractivity contribution in [1.82, 2.24) is 15.6 Å². The minimum Gasteiger partial charge on any atom is -0.481 e. The lowest BCUT2D eigenvalue weighted by Gasteiger charge is -2.16. The molecule has 2 amide bonds. The molecule has 0 radical (unpaired) electrons.